The van der Waals surface area contributed by atoms with E-state index in [0.29, 0.717) is 22.6 Å². The number of halogens is 1. The van der Waals surface area contributed by atoms with E-state index in [2.05, 4.69) is 38.1 Å². The highest BCUT2D eigenvalue weighted by atomic mass is 19.1. The molecule has 2 nitrogen and oxygen atoms in total. The van der Waals surface area contributed by atoms with E-state index in [0.717, 1.165) is 43.1 Å². The molecule has 0 radical (unpaired) electrons. The van der Waals surface area contributed by atoms with E-state index >= 15 is 4.39 Å². The number of benzene rings is 2. The smallest absolute Gasteiger partial charge is 0.347 e. The Hall–Kier alpha value is -2.42. The highest BCUT2D eigenvalue weighted by molar-refractivity contribution is 5.85. The lowest BCUT2D eigenvalue weighted by atomic mass is 9.77. The number of hydrogen-bond donors (Lipinski definition) is 0. The van der Waals surface area contributed by atoms with Crippen LogP contribution in [0.1, 0.15) is 120 Å². The fourth-order valence-electron chi connectivity index (χ4n) is 7.08. The summed E-state index contributed by atoms with van der Waals surface area (Å²) in [5.74, 6) is 2.64. The number of rotatable bonds is 8. The maximum Gasteiger partial charge on any atom is 0.347 e. The molecule has 0 spiro atoms. The third-order valence-corrected chi connectivity index (χ3v) is 9.36. The molecule has 198 valence electrons. The molecule has 0 saturated heterocycles. The third-order valence-electron chi connectivity index (χ3n) is 9.36. The third kappa shape index (κ3) is 5.86. The summed E-state index contributed by atoms with van der Waals surface area (Å²) in [5, 5.41) is 0.732. The van der Waals surface area contributed by atoms with Gasteiger partial charge in [-0.05, 0) is 97.6 Å². The molecule has 2 aliphatic rings. The minimum absolute atomic E-state index is 0.105. The second-order valence-corrected chi connectivity index (χ2v) is 11.8. The van der Waals surface area contributed by atoms with E-state index in [1.807, 2.05) is 18.2 Å². The van der Waals surface area contributed by atoms with E-state index in [9.17, 15) is 4.79 Å². The van der Waals surface area contributed by atoms with Crippen molar-refractivity contribution in [2.75, 3.05) is 0 Å². The maximum atomic E-state index is 15.6. The SMILES string of the molecule is CCCCC1CCC(c2ccc(-c3cc4ccc(C5CCC(CCC)CC5)c(F)c4c(=O)o3)cc2)CC1. The summed E-state index contributed by atoms with van der Waals surface area (Å²) in [5.41, 5.74) is 2.38. The summed E-state index contributed by atoms with van der Waals surface area (Å²) in [6.45, 7) is 4.51. The van der Waals surface area contributed by atoms with Crippen LogP contribution in [0, 0.1) is 17.7 Å². The van der Waals surface area contributed by atoms with Crippen LogP contribution in [-0.4, -0.2) is 0 Å². The van der Waals surface area contributed by atoms with Crippen molar-refractivity contribution in [1.82, 2.24) is 0 Å². The van der Waals surface area contributed by atoms with Crippen molar-refractivity contribution in [3.05, 3.63) is 69.8 Å². The lowest BCUT2D eigenvalue weighted by molar-refractivity contribution is 0.304. The summed E-state index contributed by atoms with van der Waals surface area (Å²) < 4.78 is 21.3. The number of hydrogen-bond acceptors (Lipinski definition) is 2. The zero-order valence-electron chi connectivity index (χ0n) is 22.7. The Balaban J connectivity index is 1.31. The quantitative estimate of drug-likeness (QED) is 0.307. The predicted octanol–water partition coefficient (Wildman–Crippen LogP) is 10.1. The summed E-state index contributed by atoms with van der Waals surface area (Å²) in [6.07, 6.45) is 16.0. The minimum Gasteiger partial charge on any atom is -0.422 e. The fraction of sp³-hybridized carbons (Fsp3) is 0.559. The first-order valence-electron chi connectivity index (χ1n) is 14.9. The van der Waals surface area contributed by atoms with E-state index in [4.69, 9.17) is 4.42 Å². The summed E-state index contributed by atoms with van der Waals surface area (Å²) in [7, 11) is 0. The van der Waals surface area contributed by atoms with E-state index in [-0.39, 0.29) is 17.1 Å². The highest BCUT2D eigenvalue weighted by Gasteiger charge is 2.26. The predicted molar refractivity (Wildman–Crippen MR) is 152 cm³/mol. The Morgan fingerprint density at radius 2 is 1.43 bits per heavy atom. The molecule has 1 heterocycles. The number of unbranched alkanes of at least 4 members (excludes halogenated alkanes) is 1. The molecule has 0 amide bonds. The van der Waals surface area contributed by atoms with E-state index < -0.39 is 5.63 Å². The molecule has 3 aromatic rings. The van der Waals surface area contributed by atoms with Crippen LogP contribution in [0.4, 0.5) is 4.39 Å². The molecule has 5 rings (SSSR count). The average molecular weight is 503 g/mol. The molecule has 2 saturated carbocycles. The second-order valence-electron chi connectivity index (χ2n) is 11.8. The van der Waals surface area contributed by atoms with Gasteiger partial charge in [0.2, 0.25) is 0 Å². The molecule has 37 heavy (non-hydrogen) atoms. The van der Waals surface area contributed by atoms with Gasteiger partial charge < -0.3 is 4.42 Å². The first-order chi connectivity index (χ1) is 18.1. The van der Waals surface area contributed by atoms with Crippen LogP contribution in [0.25, 0.3) is 22.1 Å². The van der Waals surface area contributed by atoms with Crippen molar-refractivity contribution in [1.29, 1.82) is 0 Å². The van der Waals surface area contributed by atoms with Gasteiger partial charge in [0, 0.05) is 5.56 Å². The largest absolute Gasteiger partial charge is 0.422 e. The fourth-order valence-corrected chi connectivity index (χ4v) is 7.08. The molecule has 0 unspecified atom stereocenters. The standard InChI is InChI=1S/C34H43FO2/c1-3-5-7-24-8-12-25(13-9-24)26-16-18-28(19-17-26)31-22-29-20-21-30(33(35)32(29)34(36)37-31)27-14-10-23(6-4-2)11-15-27/h16-25,27H,3-15H2,1-2H3. The van der Waals surface area contributed by atoms with E-state index in [1.54, 1.807) is 0 Å². The van der Waals surface area contributed by atoms with Crippen LogP contribution >= 0.6 is 0 Å². The van der Waals surface area contributed by atoms with Gasteiger partial charge >= 0.3 is 5.63 Å². The van der Waals surface area contributed by atoms with Crippen LogP contribution in [0.2, 0.25) is 0 Å². The molecule has 0 bridgehead atoms. The van der Waals surface area contributed by atoms with Crippen LogP contribution in [0.5, 0.6) is 0 Å². The molecular formula is C34H43FO2. The van der Waals surface area contributed by atoms with Gasteiger partial charge in [-0.25, -0.2) is 9.18 Å². The Morgan fingerprint density at radius 1 is 0.784 bits per heavy atom. The van der Waals surface area contributed by atoms with Crippen LogP contribution in [0.15, 0.2) is 51.7 Å². The van der Waals surface area contributed by atoms with Gasteiger partial charge in [-0.2, -0.15) is 0 Å². The van der Waals surface area contributed by atoms with Gasteiger partial charge in [0.05, 0.1) is 0 Å². The Bertz CT molecular complexity index is 1230. The molecule has 3 heteroatoms. The molecule has 0 N–H and O–H groups in total. The topological polar surface area (TPSA) is 30.2 Å². The molecular weight excluding hydrogens is 459 g/mol. The molecule has 2 fully saturated rings. The maximum absolute atomic E-state index is 15.6. The zero-order chi connectivity index (χ0) is 25.8. The van der Waals surface area contributed by atoms with Crippen molar-refractivity contribution < 1.29 is 8.81 Å². The first kappa shape index (κ1) is 26.2. The molecule has 2 aliphatic carbocycles. The van der Waals surface area contributed by atoms with E-state index in [1.165, 1.54) is 63.4 Å². The van der Waals surface area contributed by atoms with Gasteiger partial charge in [-0.1, -0.05) is 82.3 Å². The summed E-state index contributed by atoms with van der Waals surface area (Å²) in [4.78, 5) is 13.0. The van der Waals surface area contributed by atoms with Crippen LogP contribution in [0.3, 0.4) is 0 Å². The van der Waals surface area contributed by atoms with Gasteiger partial charge in [-0.15, -0.1) is 0 Å². The lowest BCUT2D eigenvalue weighted by Gasteiger charge is -2.29. The van der Waals surface area contributed by atoms with Crippen LogP contribution in [-0.2, 0) is 0 Å². The van der Waals surface area contributed by atoms with Crippen molar-refractivity contribution in [2.24, 2.45) is 11.8 Å². The minimum atomic E-state index is -0.569. The highest BCUT2D eigenvalue weighted by Crippen LogP contribution is 2.40. The molecule has 0 aliphatic heterocycles. The Kier molecular flexibility index (Phi) is 8.47. The summed E-state index contributed by atoms with van der Waals surface area (Å²) >= 11 is 0. The normalized spacial score (nSPS) is 24.4. The zero-order valence-corrected chi connectivity index (χ0v) is 22.7. The van der Waals surface area contributed by atoms with Crippen molar-refractivity contribution in [3.63, 3.8) is 0 Å². The second kappa shape index (κ2) is 12.0. The lowest BCUT2D eigenvalue weighted by Crippen LogP contribution is -2.15. The first-order valence-corrected chi connectivity index (χ1v) is 14.9. The average Bonchev–Trinajstić information content (AvgIpc) is 2.93. The monoisotopic (exact) mass is 502 g/mol. The van der Waals surface area contributed by atoms with Crippen LogP contribution < -0.4 is 5.63 Å². The van der Waals surface area contributed by atoms with Crippen molar-refractivity contribution >= 4 is 10.8 Å². The number of fused-ring (bicyclic) bond motifs is 1. The Labute approximate surface area is 221 Å². The van der Waals surface area contributed by atoms with Crippen molar-refractivity contribution in [3.8, 4) is 11.3 Å². The van der Waals surface area contributed by atoms with Crippen molar-refractivity contribution in [2.45, 2.75) is 109 Å². The molecule has 0 atom stereocenters. The van der Waals surface area contributed by atoms with Gasteiger partial charge in [0.25, 0.3) is 0 Å². The van der Waals surface area contributed by atoms with Gasteiger partial charge in [0.1, 0.15) is 17.0 Å². The van der Waals surface area contributed by atoms with Gasteiger partial charge in [0.15, 0.2) is 0 Å². The molecule has 2 aromatic carbocycles. The summed E-state index contributed by atoms with van der Waals surface area (Å²) in [6, 6.07) is 14.1. The van der Waals surface area contributed by atoms with Gasteiger partial charge in [-0.3, -0.25) is 0 Å². The Morgan fingerprint density at radius 3 is 2.08 bits per heavy atom. The molecule has 1 aromatic heterocycles.